The molecule has 0 unspecified atom stereocenters. The smallest absolute Gasteiger partial charge is 0.357 e. The van der Waals surface area contributed by atoms with Crippen molar-refractivity contribution >= 4 is 27.6 Å². The first-order chi connectivity index (χ1) is 12.8. The third-order valence-corrected chi connectivity index (χ3v) is 5.02. The fraction of sp³-hybridized carbons (Fsp3) is 0.111. The van der Waals surface area contributed by atoms with Crippen LogP contribution in [-0.4, -0.2) is 31.2 Å². The highest BCUT2D eigenvalue weighted by Gasteiger charge is 2.23. The van der Waals surface area contributed by atoms with E-state index in [-0.39, 0.29) is 17.2 Å². The second kappa shape index (κ2) is 7.51. The van der Waals surface area contributed by atoms with E-state index >= 15 is 0 Å². The van der Waals surface area contributed by atoms with Crippen LogP contribution in [0.3, 0.4) is 0 Å². The largest absolute Gasteiger partial charge is 0.461 e. The first-order valence-corrected chi connectivity index (χ1v) is 9.88. The van der Waals surface area contributed by atoms with Gasteiger partial charge < -0.3 is 4.74 Å². The van der Waals surface area contributed by atoms with Crippen LogP contribution in [0.1, 0.15) is 17.4 Å². The maximum absolute atomic E-state index is 12.3. The lowest BCUT2D eigenvalue weighted by Crippen LogP contribution is -2.11. The van der Waals surface area contributed by atoms with E-state index in [2.05, 4.69) is 10.2 Å². The summed E-state index contributed by atoms with van der Waals surface area (Å²) in [7, 11) is -3.80. The normalized spacial score (nSPS) is 11.4. The van der Waals surface area contributed by atoms with Gasteiger partial charge in [0, 0.05) is 16.1 Å². The minimum atomic E-state index is -3.80. The van der Waals surface area contributed by atoms with Gasteiger partial charge in [-0.05, 0) is 36.8 Å². The first kappa shape index (κ1) is 19.1. The fourth-order valence-electron chi connectivity index (χ4n) is 2.60. The Balaban J connectivity index is 2.15. The Morgan fingerprint density at radius 2 is 1.70 bits per heavy atom. The van der Waals surface area contributed by atoms with Crippen molar-refractivity contribution in [3.63, 3.8) is 0 Å². The van der Waals surface area contributed by atoms with Crippen LogP contribution in [0.4, 0.5) is 0 Å². The molecule has 0 aliphatic rings. The number of primary sulfonamides is 1. The Morgan fingerprint density at radius 1 is 1.11 bits per heavy atom. The second-order valence-electron chi connectivity index (χ2n) is 5.62. The Kier molecular flexibility index (Phi) is 5.31. The quantitative estimate of drug-likeness (QED) is 0.632. The summed E-state index contributed by atoms with van der Waals surface area (Å²) < 4.78 is 28.0. The van der Waals surface area contributed by atoms with E-state index in [1.807, 2.05) is 0 Å². The number of benzene rings is 2. The van der Waals surface area contributed by atoms with E-state index in [4.69, 9.17) is 21.5 Å². The number of hydrogen-bond acceptors (Lipinski definition) is 5. The van der Waals surface area contributed by atoms with Gasteiger partial charge in [0.2, 0.25) is 10.0 Å². The summed E-state index contributed by atoms with van der Waals surface area (Å²) in [4.78, 5) is 12.3. The molecule has 7 nitrogen and oxygen atoms in total. The predicted molar refractivity (Wildman–Crippen MR) is 102 cm³/mol. The summed E-state index contributed by atoms with van der Waals surface area (Å²) in [6.07, 6.45) is 0. The molecule has 27 heavy (non-hydrogen) atoms. The summed E-state index contributed by atoms with van der Waals surface area (Å²) >= 11 is 5.96. The summed E-state index contributed by atoms with van der Waals surface area (Å²) in [5.74, 6) is -0.539. The number of aromatic nitrogens is 2. The van der Waals surface area contributed by atoms with Crippen LogP contribution >= 0.6 is 11.6 Å². The average Bonchev–Trinajstić information content (AvgIpc) is 3.07. The zero-order valence-corrected chi connectivity index (χ0v) is 15.8. The average molecular weight is 406 g/mol. The molecule has 0 atom stereocenters. The number of nitrogens with one attached hydrogen (secondary N) is 1. The van der Waals surface area contributed by atoms with Gasteiger partial charge in [0.25, 0.3) is 0 Å². The van der Waals surface area contributed by atoms with Gasteiger partial charge in [-0.3, -0.25) is 5.10 Å². The molecular weight excluding hydrogens is 390 g/mol. The Morgan fingerprint density at radius 3 is 2.26 bits per heavy atom. The van der Waals surface area contributed by atoms with Gasteiger partial charge in [0.15, 0.2) is 5.69 Å². The maximum Gasteiger partial charge on any atom is 0.357 e. The van der Waals surface area contributed by atoms with Crippen molar-refractivity contribution in [2.45, 2.75) is 11.8 Å². The lowest BCUT2D eigenvalue weighted by atomic mass is 9.99. The molecule has 0 saturated heterocycles. The number of ether oxygens (including phenoxy) is 1. The topological polar surface area (TPSA) is 115 Å². The van der Waals surface area contributed by atoms with Crippen molar-refractivity contribution < 1.29 is 17.9 Å². The number of sulfonamides is 1. The van der Waals surface area contributed by atoms with Crippen LogP contribution in [0.15, 0.2) is 53.4 Å². The molecule has 0 aliphatic heterocycles. The Hall–Kier alpha value is -2.68. The van der Waals surface area contributed by atoms with Crippen LogP contribution in [-0.2, 0) is 14.8 Å². The molecule has 1 aromatic heterocycles. The van der Waals surface area contributed by atoms with Crippen molar-refractivity contribution in [3.05, 3.63) is 59.2 Å². The van der Waals surface area contributed by atoms with Crippen LogP contribution in [0.2, 0.25) is 5.02 Å². The number of carbonyl (C=O) groups is 1. The van der Waals surface area contributed by atoms with Crippen molar-refractivity contribution in [2.75, 3.05) is 6.61 Å². The third-order valence-electron chi connectivity index (χ3n) is 3.84. The van der Waals surface area contributed by atoms with E-state index in [0.29, 0.717) is 27.4 Å². The second-order valence-corrected chi connectivity index (χ2v) is 7.62. The van der Waals surface area contributed by atoms with Crippen molar-refractivity contribution in [2.24, 2.45) is 5.14 Å². The fourth-order valence-corrected chi connectivity index (χ4v) is 3.24. The van der Waals surface area contributed by atoms with E-state index in [1.54, 1.807) is 43.3 Å². The van der Waals surface area contributed by atoms with Crippen LogP contribution < -0.4 is 5.14 Å². The van der Waals surface area contributed by atoms with Crippen molar-refractivity contribution in [1.29, 1.82) is 0 Å². The SMILES string of the molecule is CCOC(=O)c1[nH]nc(-c2ccc(S(N)(=O)=O)cc2)c1-c1ccc(Cl)cc1. The minimum absolute atomic E-state index is 0.0135. The highest BCUT2D eigenvalue weighted by atomic mass is 35.5. The number of nitrogens with two attached hydrogens (primary N) is 1. The van der Waals surface area contributed by atoms with E-state index < -0.39 is 16.0 Å². The number of H-pyrrole nitrogens is 1. The molecule has 0 radical (unpaired) electrons. The molecule has 3 rings (SSSR count). The van der Waals surface area contributed by atoms with Crippen LogP contribution in [0.25, 0.3) is 22.4 Å². The summed E-state index contributed by atoms with van der Waals surface area (Å²) in [6.45, 7) is 1.93. The van der Waals surface area contributed by atoms with Crippen molar-refractivity contribution in [1.82, 2.24) is 10.2 Å². The van der Waals surface area contributed by atoms with E-state index in [1.165, 1.54) is 12.1 Å². The van der Waals surface area contributed by atoms with Gasteiger partial charge in [-0.25, -0.2) is 18.4 Å². The lowest BCUT2D eigenvalue weighted by Gasteiger charge is -2.07. The van der Waals surface area contributed by atoms with Gasteiger partial charge in [-0.15, -0.1) is 0 Å². The molecular formula is C18H16ClN3O4S. The monoisotopic (exact) mass is 405 g/mol. The van der Waals surface area contributed by atoms with Crippen molar-refractivity contribution in [3.8, 4) is 22.4 Å². The highest BCUT2D eigenvalue weighted by Crippen LogP contribution is 2.34. The minimum Gasteiger partial charge on any atom is -0.461 e. The molecule has 0 aliphatic carbocycles. The Bertz CT molecular complexity index is 1070. The van der Waals surface area contributed by atoms with Crippen LogP contribution in [0.5, 0.6) is 0 Å². The summed E-state index contributed by atoms with van der Waals surface area (Å²) in [6, 6.07) is 12.8. The third kappa shape index (κ3) is 4.02. The summed E-state index contributed by atoms with van der Waals surface area (Å²) in [5, 5.41) is 12.6. The van der Waals surface area contributed by atoms with Gasteiger partial charge in [0.1, 0.15) is 5.69 Å². The molecule has 0 bridgehead atoms. The Labute approximate surface area is 161 Å². The highest BCUT2D eigenvalue weighted by molar-refractivity contribution is 7.89. The molecule has 0 spiro atoms. The lowest BCUT2D eigenvalue weighted by molar-refractivity contribution is 0.0520. The molecule has 1 heterocycles. The number of nitrogens with zero attached hydrogens (tertiary/aromatic N) is 1. The molecule has 0 fully saturated rings. The van der Waals surface area contributed by atoms with E-state index in [9.17, 15) is 13.2 Å². The number of esters is 1. The van der Waals surface area contributed by atoms with Gasteiger partial charge in [-0.2, -0.15) is 5.10 Å². The molecule has 2 aromatic carbocycles. The molecule has 0 saturated carbocycles. The standard InChI is InChI=1S/C18H16ClN3O4S/c1-2-26-18(23)17-15(11-3-7-13(19)8-4-11)16(21-22-17)12-5-9-14(10-6-12)27(20,24)25/h3-10H,2H2,1H3,(H,21,22)(H2,20,24,25). The zero-order chi connectivity index (χ0) is 19.6. The van der Waals surface area contributed by atoms with E-state index in [0.717, 1.165) is 0 Å². The summed E-state index contributed by atoms with van der Waals surface area (Å²) in [5.41, 5.74) is 2.53. The number of aromatic amines is 1. The van der Waals surface area contributed by atoms with Gasteiger partial charge in [0.05, 0.1) is 11.5 Å². The number of halogens is 1. The van der Waals surface area contributed by atoms with Gasteiger partial charge in [-0.1, -0.05) is 35.9 Å². The zero-order valence-electron chi connectivity index (χ0n) is 14.3. The number of rotatable bonds is 5. The first-order valence-electron chi connectivity index (χ1n) is 7.96. The number of hydrogen-bond donors (Lipinski definition) is 2. The molecule has 3 N–H and O–H groups in total. The maximum atomic E-state index is 12.3. The molecule has 3 aromatic rings. The van der Waals surface area contributed by atoms with Gasteiger partial charge >= 0.3 is 5.97 Å². The van der Waals surface area contributed by atoms with Crippen LogP contribution in [0, 0.1) is 0 Å². The number of carbonyl (C=O) groups excluding carboxylic acids is 1. The predicted octanol–water partition coefficient (Wildman–Crippen LogP) is 3.22. The molecule has 0 amide bonds. The molecule has 9 heteroatoms. The molecule has 140 valence electrons.